The van der Waals surface area contributed by atoms with E-state index < -0.39 is 5.97 Å². The van der Waals surface area contributed by atoms with Crippen LogP contribution in [0.4, 0.5) is 0 Å². The zero-order chi connectivity index (χ0) is 18.5. The van der Waals surface area contributed by atoms with Crippen LogP contribution in [0.3, 0.4) is 0 Å². The molecule has 1 heterocycles. The molecule has 6 heteroatoms. The van der Waals surface area contributed by atoms with Gasteiger partial charge in [-0.05, 0) is 16.3 Å². The molecule has 1 fully saturated rings. The Morgan fingerprint density at radius 2 is 1.92 bits per heavy atom. The standard InChI is InChI=1S/C20H22N2O4/c1-26-20(25)10-9-18(23)21-16-11-19(24)22(13-16)12-15-7-4-6-14-5-2-3-8-17(14)15/h2-8,16H,9-13H2,1H3,(H,21,23)/t16-/m1/s1. The third kappa shape index (κ3) is 4.20. The number of nitrogens with one attached hydrogen (secondary N) is 1. The molecule has 1 N–H and O–H groups in total. The normalized spacial score (nSPS) is 16.7. The molecule has 0 aliphatic carbocycles. The second-order valence-corrected chi connectivity index (χ2v) is 6.46. The predicted octanol–water partition coefficient (Wildman–Crippen LogP) is 2.01. The van der Waals surface area contributed by atoms with Crippen molar-refractivity contribution in [3.63, 3.8) is 0 Å². The summed E-state index contributed by atoms with van der Waals surface area (Å²) in [5.74, 6) is -0.628. The Hall–Kier alpha value is -2.89. The van der Waals surface area contributed by atoms with Gasteiger partial charge in [-0.15, -0.1) is 0 Å². The highest BCUT2D eigenvalue weighted by Crippen LogP contribution is 2.22. The molecule has 0 radical (unpaired) electrons. The van der Waals surface area contributed by atoms with Gasteiger partial charge in [0.05, 0.1) is 19.6 Å². The van der Waals surface area contributed by atoms with E-state index >= 15 is 0 Å². The molecule has 1 aliphatic rings. The summed E-state index contributed by atoms with van der Waals surface area (Å²) < 4.78 is 4.52. The van der Waals surface area contributed by atoms with E-state index in [2.05, 4.69) is 28.3 Å². The summed E-state index contributed by atoms with van der Waals surface area (Å²) in [5, 5.41) is 5.11. The molecule has 6 nitrogen and oxygen atoms in total. The minimum atomic E-state index is -0.416. The fraction of sp³-hybridized carbons (Fsp3) is 0.350. The van der Waals surface area contributed by atoms with Gasteiger partial charge in [-0.3, -0.25) is 14.4 Å². The van der Waals surface area contributed by atoms with E-state index in [1.807, 2.05) is 24.3 Å². The first-order valence-corrected chi connectivity index (χ1v) is 8.67. The van der Waals surface area contributed by atoms with Crippen molar-refractivity contribution >= 4 is 28.6 Å². The van der Waals surface area contributed by atoms with E-state index in [9.17, 15) is 14.4 Å². The molecule has 26 heavy (non-hydrogen) atoms. The maximum absolute atomic E-state index is 12.3. The van der Waals surface area contributed by atoms with Crippen molar-refractivity contribution in [2.75, 3.05) is 13.7 Å². The number of carbonyl (C=O) groups excluding carboxylic acids is 3. The van der Waals surface area contributed by atoms with Crippen LogP contribution in [-0.2, 0) is 25.7 Å². The number of esters is 1. The molecule has 0 aromatic heterocycles. The minimum absolute atomic E-state index is 0.0243. The van der Waals surface area contributed by atoms with E-state index in [4.69, 9.17) is 0 Å². The smallest absolute Gasteiger partial charge is 0.306 e. The summed E-state index contributed by atoms with van der Waals surface area (Å²) in [4.78, 5) is 37.1. The molecule has 1 aliphatic heterocycles. The zero-order valence-electron chi connectivity index (χ0n) is 14.7. The van der Waals surface area contributed by atoms with Gasteiger partial charge in [0.2, 0.25) is 11.8 Å². The Bertz CT molecular complexity index is 828. The van der Waals surface area contributed by atoms with Gasteiger partial charge in [-0.2, -0.15) is 0 Å². The maximum atomic E-state index is 12.3. The van der Waals surface area contributed by atoms with E-state index in [0.717, 1.165) is 16.3 Å². The quantitative estimate of drug-likeness (QED) is 0.805. The average Bonchev–Trinajstić information content (AvgIpc) is 2.99. The number of rotatable bonds is 6. The molecule has 3 rings (SSSR count). The number of amides is 2. The van der Waals surface area contributed by atoms with Crippen molar-refractivity contribution in [2.45, 2.75) is 31.8 Å². The lowest BCUT2D eigenvalue weighted by Crippen LogP contribution is -2.37. The van der Waals surface area contributed by atoms with Crippen LogP contribution < -0.4 is 5.32 Å². The molecule has 0 spiro atoms. The zero-order valence-corrected chi connectivity index (χ0v) is 14.7. The second kappa shape index (κ2) is 7.99. The van der Waals surface area contributed by atoms with E-state index in [-0.39, 0.29) is 37.1 Å². The summed E-state index contributed by atoms with van der Waals surface area (Å²) in [6, 6.07) is 13.9. The Kier molecular flexibility index (Phi) is 5.51. The lowest BCUT2D eigenvalue weighted by molar-refractivity contribution is -0.142. The summed E-state index contributed by atoms with van der Waals surface area (Å²) in [6.45, 7) is 1.00. The van der Waals surface area contributed by atoms with E-state index in [1.54, 1.807) is 4.90 Å². The molecule has 1 saturated heterocycles. The lowest BCUT2D eigenvalue weighted by Gasteiger charge is -2.18. The summed E-state index contributed by atoms with van der Waals surface area (Å²) in [6.07, 6.45) is 0.401. The Morgan fingerprint density at radius 1 is 1.15 bits per heavy atom. The Balaban J connectivity index is 1.59. The van der Waals surface area contributed by atoms with Gasteiger partial charge in [0.1, 0.15) is 0 Å². The minimum Gasteiger partial charge on any atom is -0.469 e. The Labute approximate surface area is 152 Å². The maximum Gasteiger partial charge on any atom is 0.306 e. The van der Waals surface area contributed by atoms with Crippen LogP contribution in [0.1, 0.15) is 24.8 Å². The largest absolute Gasteiger partial charge is 0.469 e. The molecule has 1 atom stereocenters. The Morgan fingerprint density at radius 3 is 2.73 bits per heavy atom. The highest BCUT2D eigenvalue weighted by molar-refractivity contribution is 5.87. The van der Waals surface area contributed by atoms with Gasteiger partial charge in [-0.25, -0.2) is 0 Å². The van der Waals surface area contributed by atoms with Crippen molar-refractivity contribution in [1.82, 2.24) is 10.2 Å². The summed E-state index contributed by atoms with van der Waals surface area (Å²) >= 11 is 0. The summed E-state index contributed by atoms with van der Waals surface area (Å²) in [7, 11) is 1.29. The van der Waals surface area contributed by atoms with Crippen molar-refractivity contribution in [3.8, 4) is 0 Å². The first-order chi connectivity index (χ1) is 12.6. The van der Waals surface area contributed by atoms with Gasteiger partial charge >= 0.3 is 5.97 Å². The number of methoxy groups -OCH3 is 1. The highest BCUT2D eigenvalue weighted by Gasteiger charge is 2.30. The number of ether oxygens (including phenoxy) is 1. The fourth-order valence-corrected chi connectivity index (χ4v) is 3.28. The van der Waals surface area contributed by atoms with E-state index in [1.165, 1.54) is 7.11 Å². The van der Waals surface area contributed by atoms with Crippen molar-refractivity contribution in [2.24, 2.45) is 0 Å². The molecular formula is C20H22N2O4. The molecular weight excluding hydrogens is 332 g/mol. The number of likely N-dealkylation sites (tertiary alicyclic amines) is 1. The lowest BCUT2D eigenvalue weighted by atomic mass is 10.0. The van der Waals surface area contributed by atoms with Gasteiger partial charge in [0, 0.05) is 25.9 Å². The van der Waals surface area contributed by atoms with Crippen LogP contribution in [0.15, 0.2) is 42.5 Å². The molecule has 2 aromatic carbocycles. The van der Waals surface area contributed by atoms with Crippen LogP contribution in [0.2, 0.25) is 0 Å². The van der Waals surface area contributed by atoms with Crippen LogP contribution in [-0.4, -0.2) is 42.4 Å². The van der Waals surface area contributed by atoms with Crippen LogP contribution in [0.25, 0.3) is 10.8 Å². The van der Waals surface area contributed by atoms with E-state index in [0.29, 0.717) is 13.1 Å². The topological polar surface area (TPSA) is 75.7 Å². The number of benzene rings is 2. The van der Waals surface area contributed by atoms with Crippen LogP contribution >= 0.6 is 0 Å². The van der Waals surface area contributed by atoms with Crippen LogP contribution in [0, 0.1) is 0 Å². The number of fused-ring (bicyclic) bond motifs is 1. The van der Waals surface area contributed by atoms with Crippen molar-refractivity contribution in [1.29, 1.82) is 0 Å². The number of hydrogen-bond acceptors (Lipinski definition) is 4. The number of nitrogens with zero attached hydrogens (tertiary/aromatic N) is 1. The van der Waals surface area contributed by atoms with Crippen molar-refractivity contribution in [3.05, 3.63) is 48.0 Å². The fourth-order valence-electron chi connectivity index (χ4n) is 3.28. The first-order valence-electron chi connectivity index (χ1n) is 8.67. The second-order valence-electron chi connectivity index (χ2n) is 6.46. The molecule has 0 unspecified atom stereocenters. The number of carbonyl (C=O) groups is 3. The molecule has 136 valence electrons. The molecule has 2 amide bonds. The average molecular weight is 354 g/mol. The highest BCUT2D eigenvalue weighted by atomic mass is 16.5. The van der Waals surface area contributed by atoms with Crippen molar-refractivity contribution < 1.29 is 19.1 Å². The predicted molar refractivity (Wildman–Crippen MR) is 97.2 cm³/mol. The van der Waals surface area contributed by atoms with Gasteiger partial charge < -0.3 is 15.0 Å². The van der Waals surface area contributed by atoms with Gasteiger partial charge in [-0.1, -0.05) is 42.5 Å². The summed E-state index contributed by atoms with van der Waals surface area (Å²) in [5.41, 5.74) is 1.09. The van der Waals surface area contributed by atoms with Crippen LogP contribution in [0.5, 0.6) is 0 Å². The molecule has 0 bridgehead atoms. The number of hydrogen-bond donors (Lipinski definition) is 1. The third-order valence-corrected chi connectivity index (χ3v) is 4.60. The molecule has 0 saturated carbocycles. The van der Waals surface area contributed by atoms with Gasteiger partial charge in [0.15, 0.2) is 0 Å². The first kappa shape index (κ1) is 17.9. The SMILES string of the molecule is COC(=O)CCC(=O)N[C@@H]1CC(=O)N(Cc2cccc3ccccc23)C1. The monoisotopic (exact) mass is 354 g/mol. The molecule has 2 aromatic rings. The third-order valence-electron chi connectivity index (χ3n) is 4.60. The van der Waals surface area contributed by atoms with Gasteiger partial charge in [0.25, 0.3) is 0 Å².